The number of aliphatic hydroxyl groups excluding tert-OH is 2. The molecule has 2 N–H and O–H groups in total. The van der Waals surface area contributed by atoms with Gasteiger partial charge in [0.05, 0.1) is 12.1 Å². The Morgan fingerprint density at radius 3 is 2.79 bits per heavy atom. The second-order valence-corrected chi connectivity index (χ2v) is 8.81. The number of hydrogen-bond donors (Lipinski definition) is 2. The molecule has 5 heterocycles. The van der Waals surface area contributed by atoms with Gasteiger partial charge in [0.25, 0.3) is 0 Å². The first kappa shape index (κ1) is 14.1. The lowest BCUT2D eigenvalue weighted by atomic mass is 9.62. The maximum Gasteiger partial charge on any atom is 0.111 e. The zero-order valence-electron chi connectivity index (χ0n) is 14.3. The first-order chi connectivity index (χ1) is 11.6. The van der Waals surface area contributed by atoms with E-state index in [-0.39, 0.29) is 17.7 Å². The summed E-state index contributed by atoms with van der Waals surface area (Å²) < 4.78 is 0. The first-order valence-corrected chi connectivity index (χ1v) is 9.57. The minimum absolute atomic E-state index is 0.126. The van der Waals surface area contributed by atoms with Crippen LogP contribution in [0.4, 0.5) is 5.69 Å². The molecule has 0 radical (unpaired) electrons. The van der Waals surface area contributed by atoms with Gasteiger partial charge in [-0.2, -0.15) is 0 Å². The Morgan fingerprint density at radius 2 is 2.00 bits per heavy atom. The number of para-hydroxylation sites is 1. The van der Waals surface area contributed by atoms with Crippen LogP contribution in [0.3, 0.4) is 0 Å². The summed E-state index contributed by atoms with van der Waals surface area (Å²) in [4.78, 5) is 4.83. The Hall–Kier alpha value is -1.10. The van der Waals surface area contributed by atoms with Gasteiger partial charge in [-0.25, -0.2) is 0 Å². The second-order valence-electron chi connectivity index (χ2n) is 8.81. The zero-order chi connectivity index (χ0) is 16.4. The van der Waals surface area contributed by atoms with Crippen molar-refractivity contribution in [2.45, 2.75) is 62.1 Å². The van der Waals surface area contributed by atoms with Crippen LogP contribution in [0.25, 0.3) is 0 Å². The second kappa shape index (κ2) is 4.17. The molecule has 1 aromatic rings. The minimum Gasteiger partial charge on any atom is -0.392 e. The molecule has 6 aliphatic rings. The third kappa shape index (κ3) is 1.20. The average Bonchev–Trinajstić information content (AvgIpc) is 2.97. The van der Waals surface area contributed by atoms with Gasteiger partial charge in [-0.3, -0.25) is 4.90 Å². The average molecular weight is 326 g/mol. The van der Waals surface area contributed by atoms with Gasteiger partial charge in [0.2, 0.25) is 0 Å². The van der Waals surface area contributed by atoms with Crippen LogP contribution in [0.5, 0.6) is 0 Å². The van der Waals surface area contributed by atoms with Gasteiger partial charge >= 0.3 is 0 Å². The number of anilines is 1. The number of fused-ring (bicyclic) bond motifs is 2. The van der Waals surface area contributed by atoms with Crippen molar-refractivity contribution in [3.05, 3.63) is 29.8 Å². The van der Waals surface area contributed by atoms with E-state index in [1.165, 1.54) is 11.3 Å². The molecule has 0 amide bonds. The van der Waals surface area contributed by atoms with Crippen molar-refractivity contribution in [2.24, 2.45) is 17.8 Å². The van der Waals surface area contributed by atoms with Crippen molar-refractivity contribution in [1.29, 1.82) is 0 Å². The fourth-order valence-corrected chi connectivity index (χ4v) is 7.88. The van der Waals surface area contributed by atoms with Crippen LogP contribution in [-0.2, 0) is 5.41 Å². The van der Waals surface area contributed by atoms with Gasteiger partial charge in [0, 0.05) is 42.1 Å². The van der Waals surface area contributed by atoms with Crippen LogP contribution in [0.2, 0.25) is 0 Å². The number of benzene rings is 1. The summed E-state index contributed by atoms with van der Waals surface area (Å²) in [6, 6.07) is 9.70. The molecule has 1 saturated carbocycles. The Labute approximate surface area is 143 Å². The van der Waals surface area contributed by atoms with E-state index in [1.54, 1.807) is 0 Å². The molecular weight excluding hydrogens is 300 g/mol. The van der Waals surface area contributed by atoms with E-state index < -0.39 is 0 Å². The van der Waals surface area contributed by atoms with Crippen molar-refractivity contribution < 1.29 is 10.2 Å². The third-order valence-electron chi connectivity index (χ3n) is 8.46. The van der Waals surface area contributed by atoms with Crippen molar-refractivity contribution in [3.8, 4) is 0 Å². The van der Waals surface area contributed by atoms with Gasteiger partial charge < -0.3 is 15.1 Å². The smallest absolute Gasteiger partial charge is 0.111 e. The molecule has 4 nitrogen and oxygen atoms in total. The number of nitrogens with zero attached hydrogens (tertiary/aromatic N) is 2. The van der Waals surface area contributed by atoms with Gasteiger partial charge in [0.15, 0.2) is 0 Å². The summed E-state index contributed by atoms with van der Waals surface area (Å²) in [5.74, 6) is 1.14. The molecule has 1 aromatic carbocycles. The quantitative estimate of drug-likeness (QED) is 0.822. The largest absolute Gasteiger partial charge is 0.392 e. The molecule has 4 saturated heterocycles. The third-order valence-corrected chi connectivity index (χ3v) is 8.46. The number of aliphatic hydroxyl groups is 2. The van der Waals surface area contributed by atoms with E-state index >= 15 is 0 Å². The fraction of sp³-hybridized carbons (Fsp3) is 0.700. The molecule has 5 bridgehead atoms. The predicted molar refractivity (Wildman–Crippen MR) is 91.7 cm³/mol. The highest BCUT2D eigenvalue weighted by Gasteiger charge is 2.76. The van der Waals surface area contributed by atoms with Gasteiger partial charge in [-0.05, 0) is 36.8 Å². The van der Waals surface area contributed by atoms with E-state index in [2.05, 4.69) is 48.0 Å². The van der Waals surface area contributed by atoms with E-state index in [0.29, 0.717) is 35.9 Å². The van der Waals surface area contributed by atoms with E-state index in [4.69, 9.17) is 0 Å². The molecule has 4 heteroatoms. The summed E-state index contributed by atoms with van der Waals surface area (Å²) >= 11 is 0. The molecule has 0 aromatic heterocycles. The topological polar surface area (TPSA) is 46.9 Å². The lowest BCUT2D eigenvalue weighted by molar-refractivity contribution is -0.211. The van der Waals surface area contributed by atoms with Gasteiger partial charge in [-0.1, -0.05) is 25.1 Å². The SMILES string of the molecule is CC[C@@H]1[C@@H]2C[C@@H]3[C@@H]4N(C)c5ccccc5[C@@]45C[C@@H](C2C5O)N3[C@H]1O. The summed E-state index contributed by atoms with van der Waals surface area (Å²) in [5.41, 5.74) is 2.51. The zero-order valence-corrected chi connectivity index (χ0v) is 14.3. The number of piperidine rings is 4. The number of hydrogen-bond acceptors (Lipinski definition) is 4. The Bertz CT molecular complexity index is 723. The molecule has 10 atom stereocenters. The maximum absolute atomic E-state index is 11.6. The summed E-state index contributed by atoms with van der Waals surface area (Å²) in [7, 11) is 2.19. The highest BCUT2D eigenvalue weighted by Crippen LogP contribution is 2.68. The molecule has 1 spiro atoms. The van der Waals surface area contributed by atoms with Crippen LogP contribution in [0.1, 0.15) is 31.7 Å². The number of rotatable bonds is 1. The maximum atomic E-state index is 11.6. The highest BCUT2D eigenvalue weighted by molar-refractivity contribution is 5.67. The molecule has 128 valence electrons. The van der Waals surface area contributed by atoms with Crippen molar-refractivity contribution in [1.82, 2.24) is 4.90 Å². The summed E-state index contributed by atoms with van der Waals surface area (Å²) in [6.07, 6.45) is 2.56. The molecule has 5 fully saturated rings. The normalized spacial score (nSPS) is 55.8. The highest BCUT2D eigenvalue weighted by atomic mass is 16.3. The monoisotopic (exact) mass is 326 g/mol. The Kier molecular flexibility index (Phi) is 2.45. The minimum atomic E-state index is -0.319. The molecular formula is C20H26N2O2. The molecule has 5 aliphatic heterocycles. The van der Waals surface area contributed by atoms with Gasteiger partial charge in [0.1, 0.15) is 6.23 Å². The molecule has 1 aliphatic carbocycles. The lowest BCUT2D eigenvalue weighted by Crippen LogP contribution is -2.72. The van der Waals surface area contributed by atoms with E-state index in [0.717, 1.165) is 19.3 Å². The molecule has 7 rings (SSSR count). The molecule has 3 unspecified atom stereocenters. The van der Waals surface area contributed by atoms with E-state index in [9.17, 15) is 10.2 Å². The van der Waals surface area contributed by atoms with E-state index in [1.807, 2.05) is 0 Å². The van der Waals surface area contributed by atoms with Crippen LogP contribution in [-0.4, -0.2) is 52.6 Å². The van der Waals surface area contributed by atoms with Crippen molar-refractivity contribution in [3.63, 3.8) is 0 Å². The van der Waals surface area contributed by atoms with Crippen LogP contribution in [0, 0.1) is 17.8 Å². The predicted octanol–water partition coefficient (Wildman–Crippen LogP) is 1.55. The first-order valence-electron chi connectivity index (χ1n) is 9.57. The summed E-state index contributed by atoms with van der Waals surface area (Å²) in [6.45, 7) is 2.19. The van der Waals surface area contributed by atoms with Crippen molar-refractivity contribution in [2.75, 3.05) is 11.9 Å². The van der Waals surface area contributed by atoms with Crippen LogP contribution < -0.4 is 4.90 Å². The standard InChI is InChI=1S/C20H26N2O2/c1-3-10-11-8-14-17-20(12-6-4-5-7-13(12)21(17)2)9-15(16(11)18(20)23)22(14)19(10)24/h4-7,10-11,14-19,23-24H,3,8-9H2,1-2H3/t10-,11+,14-,15+,16?,17+,18?,19+,20+/m1/s1. The fourth-order valence-electron chi connectivity index (χ4n) is 7.88. The Balaban J connectivity index is 1.60. The summed E-state index contributed by atoms with van der Waals surface area (Å²) in [5, 5.41) is 22.6. The number of likely N-dealkylation sites (N-methyl/N-ethyl adjacent to an activating group) is 1. The molecule has 24 heavy (non-hydrogen) atoms. The Morgan fingerprint density at radius 1 is 1.21 bits per heavy atom. The van der Waals surface area contributed by atoms with Crippen molar-refractivity contribution >= 4 is 5.69 Å². The van der Waals surface area contributed by atoms with Crippen LogP contribution >= 0.6 is 0 Å². The lowest BCUT2D eigenvalue weighted by Gasteiger charge is -2.62. The van der Waals surface area contributed by atoms with Crippen LogP contribution in [0.15, 0.2) is 24.3 Å². The van der Waals surface area contributed by atoms with Gasteiger partial charge in [-0.15, -0.1) is 0 Å².